The Labute approximate surface area is 136 Å². The van der Waals surface area contributed by atoms with Gasteiger partial charge in [-0.3, -0.25) is 0 Å². The molecule has 0 amide bonds. The van der Waals surface area contributed by atoms with Crippen molar-refractivity contribution in [1.29, 1.82) is 0 Å². The lowest BCUT2D eigenvalue weighted by molar-refractivity contribution is -0.139. The molecular weight excluding hydrogens is 331 g/mol. The van der Waals surface area contributed by atoms with Gasteiger partial charge in [-0.1, -0.05) is 30.7 Å². The standard InChI is InChI=1S/C15H15ClF3N3O/c1-3-9(2)23-13-10(15(17,18)19)8-20-14(22-13)21-12-7-5-4-6-11(12)16/h4-9H,3H2,1-2H3,(H,20,21,22). The van der Waals surface area contributed by atoms with E-state index >= 15 is 0 Å². The lowest BCUT2D eigenvalue weighted by Crippen LogP contribution is -2.17. The van der Waals surface area contributed by atoms with E-state index in [-0.39, 0.29) is 5.95 Å². The normalized spacial score (nSPS) is 12.8. The van der Waals surface area contributed by atoms with E-state index in [0.717, 1.165) is 0 Å². The van der Waals surface area contributed by atoms with Crippen LogP contribution < -0.4 is 10.1 Å². The molecule has 0 spiro atoms. The number of para-hydroxylation sites is 1. The molecule has 1 atom stereocenters. The van der Waals surface area contributed by atoms with Gasteiger partial charge in [-0.15, -0.1) is 0 Å². The number of alkyl halides is 3. The molecule has 1 N–H and O–H groups in total. The van der Waals surface area contributed by atoms with Gasteiger partial charge in [-0.05, 0) is 25.5 Å². The summed E-state index contributed by atoms with van der Waals surface area (Å²) in [5, 5.41) is 3.18. The van der Waals surface area contributed by atoms with Crippen molar-refractivity contribution >= 4 is 23.2 Å². The highest BCUT2D eigenvalue weighted by atomic mass is 35.5. The second-order valence-corrected chi connectivity index (χ2v) is 5.26. The quantitative estimate of drug-likeness (QED) is 0.821. The molecule has 0 fully saturated rings. The number of aromatic nitrogens is 2. The number of rotatable bonds is 5. The number of nitrogens with zero attached hydrogens (tertiary/aromatic N) is 2. The Balaban J connectivity index is 2.35. The highest BCUT2D eigenvalue weighted by molar-refractivity contribution is 6.33. The molecule has 124 valence electrons. The Bertz CT molecular complexity index is 679. The Morgan fingerprint density at radius 1 is 1.30 bits per heavy atom. The summed E-state index contributed by atoms with van der Waals surface area (Å²) >= 11 is 6.00. The molecule has 0 saturated heterocycles. The van der Waals surface area contributed by atoms with Crippen LogP contribution in [0.5, 0.6) is 5.88 Å². The van der Waals surface area contributed by atoms with Crippen molar-refractivity contribution in [3.05, 3.63) is 41.0 Å². The number of nitrogens with one attached hydrogen (secondary N) is 1. The summed E-state index contributed by atoms with van der Waals surface area (Å²) in [4.78, 5) is 7.53. The van der Waals surface area contributed by atoms with Gasteiger partial charge in [0.25, 0.3) is 0 Å². The molecule has 23 heavy (non-hydrogen) atoms. The van der Waals surface area contributed by atoms with E-state index < -0.39 is 23.7 Å². The maximum atomic E-state index is 13.0. The first-order valence-corrected chi connectivity index (χ1v) is 7.31. The van der Waals surface area contributed by atoms with Gasteiger partial charge >= 0.3 is 6.18 Å². The van der Waals surface area contributed by atoms with E-state index in [0.29, 0.717) is 23.3 Å². The zero-order chi connectivity index (χ0) is 17.0. The van der Waals surface area contributed by atoms with E-state index in [1.165, 1.54) is 0 Å². The molecule has 0 aliphatic rings. The summed E-state index contributed by atoms with van der Waals surface area (Å²) in [6, 6.07) is 6.77. The molecule has 0 aliphatic carbocycles. The number of ether oxygens (including phenoxy) is 1. The average molecular weight is 346 g/mol. The van der Waals surface area contributed by atoms with Gasteiger partial charge in [-0.25, -0.2) is 4.98 Å². The molecule has 1 aromatic heterocycles. The highest BCUT2D eigenvalue weighted by Gasteiger charge is 2.36. The molecule has 8 heteroatoms. The van der Waals surface area contributed by atoms with Crippen molar-refractivity contribution < 1.29 is 17.9 Å². The third kappa shape index (κ3) is 4.48. The zero-order valence-electron chi connectivity index (χ0n) is 12.5. The third-order valence-electron chi connectivity index (χ3n) is 3.07. The third-order valence-corrected chi connectivity index (χ3v) is 3.40. The minimum Gasteiger partial charge on any atom is -0.474 e. The van der Waals surface area contributed by atoms with E-state index in [2.05, 4.69) is 15.3 Å². The fourth-order valence-corrected chi connectivity index (χ4v) is 1.85. The summed E-state index contributed by atoms with van der Waals surface area (Å²) in [5.41, 5.74) is -0.522. The van der Waals surface area contributed by atoms with Crippen LogP contribution in [0.2, 0.25) is 5.02 Å². The molecule has 4 nitrogen and oxygen atoms in total. The lowest BCUT2D eigenvalue weighted by Gasteiger charge is -2.17. The maximum absolute atomic E-state index is 13.0. The summed E-state index contributed by atoms with van der Waals surface area (Å²) in [6.07, 6.45) is -3.75. The van der Waals surface area contributed by atoms with Gasteiger partial charge in [0, 0.05) is 6.20 Å². The first-order valence-electron chi connectivity index (χ1n) is 6.93. The number of halogens is 4. The first kappa shape index (κ1) is 17.3. The zero-order valence-corrected chi connectivity index (χ0v) is 13.2. The van der Waals surface area contributed by atoms with E-state index in [1.54, 1.807) is 31.2 Å². The SMILES string of the molecule is CCC(C)Oc1nc(Nc2ccccc2Cl)ncc1C(F)(F)F. The molecule has 0 saturated carbocycles. The summed E-state index contributed by atoms with van der Waals surface area (Å²) < 4.78 is 44.4. The molecule has 1 heterocycles. The molecule has 2 aromatic rings. The lowest BCUT2D eigenvalue weighted by atomic mass is 10.3. The Morgan fingerprint density at radius 2 is 2.00 bits per heavy atom. The Kier molecular flexibility index (Phi) is 5.30. The fraction of sp³-hybridized carbons (Fsp3) is 0.333. The molecule has 1 unspecified atom stereocenters. The monoisotopic (exact) mass is 345 g/mol. The second-order valence-electron chi connectivity index (χ2n) is 4.85. The number of anilines is 2. The van der Waals surface area contributed by atoms with Crippen molar-refractivity contribution in [3.63, 3.8) is 0 Å². The Morgan fingerprint density at radius 3 is 2.61 bits per heavy atom. The maximum Gasteiger partial charge on any atom is 0.423 e. The minimum atomic E-state index is -4.59. The topological polar surface area (TPSA) is 47.0 Å². The summed E-state index contributed by atoms with van der Waals surface area (Å²) in [5.74, 6) is -0.527. The predicted molar refractivity (Wildman–Crippen MR) is 82.1 cm³/mol. The van der Waals surface area contributed by atoms with Crippen molar-refractivity contribution in [2.45, 2.75) is 32.5 Å². The van der Waals surface area contributed by atoms with Gasteiger partial charge in [0.1, 0.15) is 5.56 Å². The van der Waals surface area contributed by atoms with Crippen LogP contribution in [0.3, 0.4) is 0 Å². The van der Waals surface area contributed by atoms with Crippen LogP contribution >= 0.6 is 11.6 Å². The van der Waals surface area contributed by atoms with Crippen LogP contribution in [-0.2, 0) is 6.18 Å². The summed E-state index contributed by atoms with van der Waals surface area (Å²) in [6.45, 7) is 3.48. The van der Waals surface area contributed by atoms with E-state index in [1.807, 2.05) is 6.92 Å². The van der Waals surface area contributed by atoms with E-state index in [9.17, 15) is 13.2 Å². The predicted octanol–water partition coefficient (Wildman–Crippen LogP) is 5.07. The van der Waals surface area contributed by atoms with Crippen LogP contribution in [0.15, 0.2) is 30.5 Å². The van der Waals surface area contributed by atoms with Crippen LogP contribution in [-0.4, -0.2) is 16.1 Å². The molecule has 0 radical (unpaired) electrons. The van der Waals surface area contributed by atoms with Crippen molar-refractivity contribution in [2.75, 3.05) is 5.32 Å². The molecule has 0 aliphatic heterocycles. The van der Waals surface area contributed by atoms with Crippen LogP contribution in [0, 0.1) is 0 Å². The number of hydrogen-bond donors (Lipinski definition) is 1. The smallest absolute Gasteiger partial charge is 0.423 e. The molecular formula is C15H15ClF3N3O. The average Bonchev–Trinajstić information content (AvgIpc) is 2.48. The first-order chi connectivity index (χ1) is 10.8. The van der Waals surface area contributed by atoms with Crippen molar-refractivity contribution in [3.8, 4) is 5.88 Å². The van der Waals surface area contributed by atoms with Gasteiger partial charge in [0.15, 0.2) is 0 Å². The van der Waals surface area contributed by atoms with E-state index in [4.69, 9.17) is 16.3 Å². The molecule has 2 rings (SSSR count). The van der Waals surface area contributed by atoms with Gasteiger partial charge in [0.2, 0.25) is 11.8 Å². The van der Waals surface area contributed by atoms with Gasteiger partial charge < -0.3 is 10.1 Å². The van der Waals surface area contributed by atoms with Gasteiger partial charge in [-0.2, -0.15) is 18.2 Å². The number of hydrogen-bond acceptors (Lipinski definition) is 4. The number of benzene rings is 1. The van der Waals surface area contributed by atoms with Crippen molar-refractivity contribution in [1.82, 2.24) is 9.97 Å². The van der Waals surface area contributed by atoms with Crippen LogP contribution in [0.4, 0.5) is 24.8 Å². The molecule has 1 aromatic carbocycles. The second kappa shape index (κ2) is 7.04. The highest BCUT2D eigenvalue weighted by Crippen LogP contribution is 2.36. The fourth-order valence-electron chi connectivity index (χ4n) is 1.67. The summed E-state index contributed by atoms with van der Waals surface area (Å²) in [7, 11) is 0. The largest absolute Gasteiger partial charge is 0.474 e. The van der Waals surface area contributed by atoms with Crippen LogP contribution in [0.1, 0.15) is 25.8 Å². The van der Waals surface area contributed by atoms with Gasteiger partial charge in [0.05, 0.1) is 16.8 Å². The Hall–Kier alpha value is -2.02. The molecule has 0 bridgehead atoms. The van der Waals surface area contributed by atoms with Crippen molar-refractivity contribution in [2.24, 2.45) is 0 Å². The minimum absolute atomic E-state index is 0.0237. The van der Waals surface area contributed by atoms with Crippen LogP contribution in [0.25, 0.3) is 0 Å².